The van der Waals surface area contributed by atoms with Crippen molar-refractivity contribution in [3.63, 3.8) is 0 Å². The van der Waals surface area contributed by atoms with Crippen LogP contribution < -0.4 is 0 Å². The Morgan fingerprint density at radius 1 is 1.36 bits per heavy atom. The van der Waals surface area contributed by atoms with Crippen molar-refractivity contribution in [3.8, 4) is 6.07 Å². The van der Waals surface area contributed by atoms with E-state index in [0.29, 0.717) is 0 Å². The molecule has 0 saturated carbocycles. The normalized spacial score (nSPS) is 40.0. The molecule has 0 amide bonds. The summed E-state index contributed by atoms with van der Waals surface area (Å²) in [4.78, 5) is 0. The van der Waals surface area contributed by atoms with Gasteiger partial charge >= 0.3 is 0 Å². The van der Waals surface area contributed by atoms with Gasteiger partial charge in [-0.1, -0.05) is 0 Å². The van der Waals surface area contributed by atoms with Crippen LogP contribution in [-0.4, -0.2) is 22.4 Å². The molecule has 1 aliphatic rings. The van der Waals surface area contributed by atoms with E-state index in [9.17, 15) is 5.21 Å². The van der Waals surface area contributed by atoms with Gasteiger partial charge in [0.25, 0.3) is 0 Å². The first-order chi connectivity index (χ1) is 5.15. The molecule has 0 aromatic carbocycles. The van der Waals surface area contributed by atoms with E-state index < -0.39 is 0 Å². The summed E-state index contributed by atoms with van der Waals surface area (Å²) in [5.74, 6) is 0.128. The fourth-order valence-electron chi connectivity index (χ4n) is 1.68. The molecule has 3 nitrogen and oxygen atoms in total. The summed E-state index contributed by atoms with van der Waals surface area (Å²) in [5, 5.41) is 19.4. The van der Waals surface area contributed by atoms with E-state index in [1.54, 1.807) is 0 Å². The molecule has 1 N–H and O–H groups in total. The number of hydrogen-bond acceptors (Lipinski definition) is 3. The molecule has 0 aliphatic carbocycles. The molecule has 0 radical (unpaired) electrons. The number of nitrogens with zero attached hydrogens (tertiary/aromatic N) is 2. The molecule has 2 unspecified atom stereocenters. The lowest BCUT2D eigenvalue weighted by Crippen LogP contribution is -2.43. The van der Waals surface area contributed by atoms with Crippen molar-refractivity contribution in [2.75, 3.05) is 0 Å². The highest BCUT2D eigenvalue weighted by molar-refractivity contribution is 4.91. The third kappa shape index (κ3) is 1.70. The second-order valence-corrected chi connectivity index (χ2v) is 3.38. The van der Waals surface area contributed by atoms with Gasteiger partial charge in [-0.05, 0) is 26.7 Å². The summed E-state index contributed by atoms with van der Waals surface area (Å²) in [7, 11) is 0. The lowest BCUT2D eigenvalue weighted by atomic mass is 9.90. The standard InChI is InChI=1S/C8H14N2O/c1-6-3-8(5-9)4-7(2)10(6)11/h6-8,11H,3-4H2,1-2H3. The summed E-state index contributed by atoms with van der Waals surface area (Å²) >= 11 is 0. The Balaban J connectivity index is 2.56. The fourth-order valence-corrected chi connectivity index (χ4v) is 1.68. The lowest BCUT2D eigenvalue weighted by Gasteiger charge is -2.35. The van der Waals surface area contributed by atoms with E-state index in [1.807, 2.05) is 13.8 Å². The second kappa shape index (κ2) is 3.21. The maximum absolute atomic E-state index is 9.38. The van der Waals surface area contributed by atoms with Crippen LogP contribution in [0.25, 0.3) is 0 Å². The highest BCUT2D eigenvalue weighted by Crippen LogP contribution is 2.25. The number of hydrogen-bond donors (Lipinski definition) is 1. The quantitative estimate of drug-likeness (QED) is 0.573. The average molecular weight is 154 g/mol. The third-order valence-corrected chi connectivity index (χ3v) is 2.34. The molecule has 1 saturated heterocycles. The van der Waals surface area contributed by atoms with Crippen molar-refractivity contribution < 1.29 is 5.21 Å². The highest BCUT2D eigenvalue weighted by Gasteiger charge is 2.29. The van der Waals surface area contributed by atoms with Gasteiger partial charge in [0.15, 0.2) is 0 Å². The third-order valence-electron chi connectivity index (χ3n) is 2.34. The van der Waals surface area contributed by atoms with E-state index in [0.717, 1.165) is 12.8 Å². The minimum absolute atomic E-state index is 0.128. The van der Waals surface area contributed by atoms with Crippen molar-refractivity contribution >= 4 is 0 Å². The lowest BCUT2D eigenvalue weighted by molar-refractivity contribution is -0.172. The van der Waals surface area contributed by atoms with Gasteiger partial charge < -0.3 is 5.21 Å². The van der Waals surface area contributed by atoms with Crippen LogP contribution in [0, 0.1) is 17.2 Å². The van der Waals surface area contributed by atoms with Crippen LogP contribution in [-0.2, 0) is 0 Å². The predicted molar refractivity (Wildman–Crippen MR) is 40.9 cm³/mol. The SMILES string of the molecule is CC1CC(C#N)CC(C)N1O. The molecule has 3 heteroatoms. The first-order valence-electron chi connectivity index (χ1n) is 4.02. The molecule has 2 atom stereocenters. The molecule has 0 spiro atoms. The van der Waals surface area contributed by atoms with E-state index in [1.165, 1.54) is 5.06 Å². The van der Waals surface area contributed by atoms with Gasteiger partial charge in [-0.3, -0.25) is 0 Å². The number of piperidine rings is 1. The van der Waals surface area contributed by atoms with E-state index in [4.69, 9.17) is 5.26 Å². The van der Waals surface area contributed by atoms with Crippen molar-refractivity contribution in [1.82, 2.24) is 5.06 Å². The van der Waals surface area contributed by atoms with Gasteiger partial charge in [0, 0.05) is 18.0 Å². The molecule has 1 aliphatic heterocycles. The number of rotatable bonds is 0. The van der Waals surface area contributed by atoms with Crippen molar-refractivity contribution in [2.45, 2.75) is 38.8 Å². The molecule has 62 valence electrons. The van der Waals surface area contributed by atoms with Gasteiger partial charge in [0.1, 0.15) is 0 Å². The molecule has 0 aromatic rings. The molecule has 0 bridgehead atoms. The Morgan fingerprint density at radius 2 is 1.82 bits per heavy atom. The van der Waals surface area contributed by atoms with E-state index in [-0.39, 0.29) is 18.0 Å². The summed E-state index contributed by atoms with van der Waals surface area (Å²) in [6.07, 6.45) is 1.58. The Bertz CT molecular complexity index is 163. The van der Waals surface area contributed by atoms with Crippen molar-refractivity contribution in [3.05, 3.63) is 0 Å². The maximum Gasteiger partial charge on any atom is 0.0657 e. The van der Waals surface area contributed by atoms with Crippen LogP contribution in [0.4, 0.5) is 0 Å². The minimum atomic E-state index is 0.128. The first kappa shape index (κ1) is 8.51. The molecular formula is C8H14N2O. The summed E-state index contributed by atoms with van der Waals surface area (Å²) in [6.45, 7) is 3.89. The van der Waals surface area contributed by atoms with Gasteiger partial charge in [-0.15, -0.1) is 0 Å². The predicted octanol–water partition coefficient (Wildman–Crippen LogP) is 1.39. The van der Waals surface area contributed by atoms with Gasteiger partial charge in [0.05, 0.1) is 6.07 Å². The van der Waals surface area contributed by atoms with E-state index >= 15 is 0 Å². The van der Waals surface area contributed by atoms with Crippen molar-refractivity contribution in [1.29, 1.82) is 5.26 Å². The fraction of sp³-hybridized carbons (Fsp3) is 0.875. The van der Waals surface area contributed by atoms with Crippen molar-refractivity contribution in [2.24, 2.45) is 5.92 Å². The van der Waals surface area contributed by atoms with Crippen LogP contribution in [0.2, 0.25) is 0 Å². The Labute approximate surface area is 67.2 Å². The number of hydroxylamine groups is 2. The molecule has 1 fully saturated rings. The van der Waals surface area contributed by atoms with Gasteiger partial charge in [-0.25, -0.2) is 0 Å². The molecule has 1 rings (SSSR count). The van der Waals surface area contributed by atoms with Crippen LogP contribution in [0.3, 0.4) is 0 Å². The molecule has 0 aromatic heterocycles. The largest absolute Gasteiger partial charge is 0.313 e. The molecular weight excluding hydrogens is 140 g/mol. The van der Waals surface area contributed by atoms with Crippen LogP contribution in [0.1, 0.15) is 26.7 Å². The summed E-state index contributed by atoms with van der Waals surface area (Å²) in [5.41, 5.74) is 0. The smallest absolute Gasteiger partial charge is 0.0657 e. The average Bonchev–Trinajstić information content (AvgIpc) is 1.99. The van der Waals surface area contributed by atoms with Crippen LogP contribution in [0.5, 0.6) is 0 Å². The van der Waals surface area contributed by atoms with Gasteiger partial charge in [0.2, 0.25) is 0 Å². The zero-order valence-corrected chi connectivity index (χ0v) is 6.99. The molecule has 1 heterocycles. The summed E-state index contributed by atoms with van der Waals surface area (Å²) in [6, 6.07) is 2.50. The zero-order valence-electron chi connectivity index (χ0n) is 6.99. The van der Waals surface area contributed by atoms with E-state index in [2.05, 4.69) is 6.07 Å². The second-order valence-electron chi connectivity index (χ2n) is 3.38. The highest BCUT2D eigenvalue weighted by atomic mass is 16.5. The van der Waals surface area contributed by atoms with Crippen LogP contribution >= 0.6 is 0 Å². The Hall–Kier alpha value is -0.590. The first-order valence-corrected chi connectivity index (χ1v) is 4.02. The Morgan fingerprint density at radius 3 is 2.18 bits per heavy atom. The molecule has 11 heavy (non-hydrogen) atoms. The topological polar surface area (TPSA) is 47.3 Å². The monoisotopic (exact) mass is 154 g/mol. The Kier molecular flexibility index (Phi) is 2.48. The van der Waals surface area contributed by atoms with Gasteiger partial charge in [-0.2, -0.15) is 10.3 Å². The zero-order chi connectivity index (χ0) is 8.43. The van der Waals surface area contributed by atoms with Crippen LogP contribution in [0.15, 0.2) is 0 Å². The minimum Gasteiger partial charge on any atom is -0.313 e. The number of nitriles is 1. The summed E-state index contributed by atoms with van der Waals surface area (Å²) < 4.78 is 0. The maximum atomic E-state index is 9.38.